The summed E-state index contributed by atoms with van der Waals surface area (Å²) in [5.74, 6) is -3.83. The zero-order valence-electron chi connectivity index (χ0n) is 11.9. The van der Waals surface area contributed by atoms with E-state index in [1.807, 2.05) is 0 Å². The maximum atomic E-state index is 14.0. The van der Waals surface area contributed by atoms with Crippen molar-refractivity contribution in [2.75, 3.05) is 7.11 Å². The quantitative estimate of drug-likeness (QED) is 0.617. The maximum absolute atomic E-state index is 14.0. The van der Waals surface area contributed by atoms with Gasteiger partial charge >= 0.3 is 5.97 Å². The minimum atomic E-state index is -1.57. The van der Waals surface area contributed by atoms with Gasteiger partial charge in [-0.05, 0) is 17.7 Å². The first kappa shape index (κ1) is 15.7. The van der Waals surface area contributed by atoms with E-state index in [0.29, 0.717) is 11.3 Å². The minimum Gasteiger partial charge on any atom is -0.497 e. The molecule has 2 rings (SSSR count). The van der Waals surface area contributed by atoms with Gasteiger partial charge in [0.2, 0.25) is 5.83 Å². The fourth-order valence-electron chi connectivity index (χ4n) is 1.76. The van der Waals surface area contributed by atoms with Gasteiger partial charge in [0.15, 0.2) is 5.83 Å². The molecule has 0 aromatic heterocycles. The van der Waals surface area contributed by atoms with Gasteiger partial charge in [0.05, 0.1) is 7.11 Å². The number of esters is 1. The van der Waals surface area contributed by atoms with Crippen LogP contribution in [0.5, 0.6) is 5.75 Å². The van der Waals surface area contributed by atoms with E-state index in [-0.39, 0.29) is 12.2 Å². The molecule has 0 amide bonds. The van der Waals surface area contributed by atoms with E-state index in [9.17, 15) is 13.6 Å². The van der Waals surface area contributed by atoms with Crippen LogP contribution in [0.3, 0.4) is 0 Å². The molecule has 0 aliphatic rings. The lowest BCUT2D eigenvalue weighted by Gasteiger charge is -2.05. The Morgan fingerprint density at radius 1 is 1.05 bits per heavy atom. The third-order valence-electron chi connectivity index (χ3n) is 2.91. The maximum Gasteiger partial charge on any atom is 0.370 e. The van der Waals surface area contributed by atoms with Crippen molar-refractivity contribution in [3.63, 3.8) is 0 Å². The van der Waals surface area contributed by atoms with E-state index >= 15 is 0 Å². The lowest BCUT2D eigenvalue weighted by atomic mass is 10.2. The lowest BCUT2D eigenvalue weighted by molar-refractivity contribution is -0.142. The van der Waals surface area contributed by atoms with Gasteiger partial charge in [0.1, 0.15) is 12.4 Å². The molecule has 0 saturated carbocycles. The summed E-state index contributed by atoms with van der Waals surface area (Å²) in [5.41, 5.74) is 0.596. The Hall–Kier alpha value is -2.69. The van der Waals surface area contributed by atoms with E-state index in [1.165, 1.54) is 25.3 Å². The third kappa shape index (κ3) is 3.91. The highest BCUT2D eigenvalue weighted by molar-refractivity contribution is 5.93. The largest absolute Gasteiger partial charge is 0.497 e. The first-order chi connectivity index (χ1) is 10.6. The SMILES string of the molecule is COc1cccc(/C(F)=C(/F)C(=O)OCc2ccccc2)c1. The van der Waals surface area contributed by atoms with Gasteiger partial charge in [-0.3, -0.25) is 0 Å². The smallest absolute Gasteiger partial charge is 0.370 e. The molecular weight excluding hydrogens is 290 g/mol. The minimum absolute atomic E-state index is 0.0893. The van der Waals surface area contributed by atoms with Crippen molar-refractivity contribution >= 4 is 11.8 Å². The third-order valence-corrected chi connectivity index (χ3v) is 2.91. The van der Waals surface area contributed by atoms with Crippen LogP contribution in [0.2, 0.25) is 0 Å². The van der Waals surface area contributed by atoms with E-state index in [4.69, 9.17) is 9.47 Å². The van der Waals surface area contributed by atoms with Gasteiger partial charge in [-0.1, -0.05) is 42.5 Å². The van der Waals surface area contributed by atoms with Gasteiger partial charge < -0.3 is 9.47 Å². The van der Waals surface area contributed by atoms with Gasteiger partial charge in [-0.15, -0.1) is 0 Å². The first-order valence-corrected chi connectivity index (χ1v) is 6.52. The molecule has 0 fully saturated rings. The summed E-state index contributed by atoms with van der Waals surface area (Å²) < 4.78 is 37.4. The second kappa shape index (κ2) is 7.36. The monoisotopic (exact) mass is 304 g/mol. The van der Waals surface area contributed by atoms with Crippen molar-refractivity contribution in [1.82, 2.24) is 0 Å². The lowest BCUT2D eigenvalue weighted by Crippen LogP contribution is -2.06. The Balaban J connectivity index is 2.10. The van der Waals surface area contributed by atoms with Crippen molar-refractivity contribution in [3.05, 3.63) is 71.6 Å². The number of rotatable bonds is 5. The molecule has 0 spiro atoms. The molecule has 0 bridgehead atoms. The molecule has 2 aromatic rings. The summed E-state index contributed by atoms with van der Waals surface area (Å²) in [6.45, 7) is -0.127. The predicted molar refractivity (Wildman–Crippen MR) is 78.4 cm³/mol. The van der Waals surface area contributed by atoms with Crippen LogP contribution in [0.1, 0.15) is 11.1 Å². The van der Waals surface area contributed by atoms with E-state index in [0.717, 1.165) is 0 Å². The van der Waals surface area contributed by atoms with Crippen molar-refractivity contribution in [2.45, 2.75) is 6.61 Å². The molecular formula is C17H14F2O3. The van der Waals surface area contributed by atoms with Crippen LogP contribution in [-0.2, 0) is 16.1 Å². The van der Waals surface area contributed by atoms with Crippen LogP contribution in [0.4, 0.5) is 8.78 Å². The van der Waals surface area contributed by atoms with Gasteiger partial charge in [0, 0.05) is 5.56 Å². The average Bonchev–Trinajstić information content (AvgIpc) is 2.59. The van der Waals surface area contributed by atoms with E-state index < -0.39 is 17.6 Å². The van der Waals surface area contributed by atoms with Crippen molar-refractivity contribution < 1.29 is 23.0 Å². The Morgan fingerprint density at radius 3 is 2.45 bits per heavy atom. The highest BCUT2D eigenvalue weighted by atomic mass is 19.2. The number of ether oxygens (including phenoxy) is 2. The van der Waals surface area contributed by atoms with Crippen molar-refractivity contribution in [2.24, 2.45) is 0 Å². The van der Waals surface area contributed by atoms with E-state index in [1.54, 1.807) is 36.4 Å². The number of hydrogen-bond donors (Lipinski definition) is 0. The van der Waals surface area contributed by atoms with Crippen LogP contribution in [0.15, 0.2) is 60.4 Å². The molecule has 0 aliphatic heterocycles. The second-order valence-electron chi connectivity index (χ2n) is 4.42. The second-order valence-corrected chi connectivity index (χ2v) is 4.42. The molecule has 0 N–H and O–H groups in total. The predicted octanol–water partition coefficient (Wildman–Crippen LogP) is 4.05. The highest BCUT2D eigenvalue weighted by Crippen LogP contribution is 2.25. The van der Waals surface area contributed by atoms with Crippen molar-refractivity contribution in [3.8, 4) is 5.75 Å². The Labute approximate surface area is 126 Å². The Bertz CT molecular complexity index is 681. The number of carbonyl (C=O) groups excluding carboxylic acids is 1. The molecule has 0 aliphatic carbocycles. The van der Waals surface area contributed by atoms with Gasteiger partial charge in [0.25, 0.3) is 0 Å². The van der Waals surface area contributed by atoms with E-state index in [2.05, 4.69) is 0 Å². The zero-order valence-corrected chi connectivity index (χ0v) is 11.9. The molecule has 3 nitrogen and oxygen atoms in total. The van der Waals surface area contributed by atoms with Crippen molar-refractivity contribution in [1.29, 1.82) is 0 Å². The zero-order chi connectivity index (χ0) is 15.9. The van der Waals surface area contributed by atoms with Gasteiger partial charge in [-0.2, -0.15) is 4.39 Å². The summed E-state index contributed by atoms with van der Waals surface area (Å²) in [5, 5.41) is 0. The molecule has 0 radical (unpaired) electrons. The summed E-state index contributed by atoms with van der Waals surface area (Å²) >= 11 is 0. The number of hydrogen-bond acceptors (Lipinski definition) is 3. The molecule has 0 saturated heterocycles. The molecule has 5 heteroatoms. The summed E-state index contributed by atoms with van der Waals surface area (Å²) in [6.07, 6.45) is 0. The average molecular weight is 304 g/mol. The highest BCUT2D eigenvalue weighted by Gasteiger charge is 2.19. The molecule has 2 aromatic carbocycles. The van der Waals surface area contributed by atoms with Crippen LogP contribution in [-0.4, -0.2) is 13.1 Å². The van der Waals surface area contributed by atoms with Crippen LogP contribution < -0.4 is 4.74 Å². The fraction of sp³-hybridized carbons (Fsp3) is 0.118. The van der Waals surface area contributed by atoms with Crippen LogP contribution in [0.25, 0.3) is 5.83 Å². The molecule has 0 unspecified atom stereocenters. The molecule has 0 heterocycles. The Kier molecular flexibility index (Phi) is 5.25. The molecule has 0 atom stereocenters. The number of benzene rings is 2. The standard InChI is InChI=1S/C17H14F2O3/c1-21-14-9-5-8-13(10-14)15(18)16(19)17(20)22-11-12-6-3-2-4-7-12/h2-10H,11H2,1H3/b16-15-. The molecule has 22 heavy (non-hydrogen) atoms. The summed E-state index contributed by atoms with van der Waals surface area (Å²) in [6, 6.07) is 14.5. The summed E-state index contributed by atoms with van der Waals surface area (Å²) in [4.78, 5) is 11.6. The normalized spacial score (nSPS) is 11.6. The number of carbonyl (C=O) groups is 1. The van der Waals surface area contributed by atoms with Crippen LogP contribution >= 0.6 is 0 Å². The number of methoxy groups -OCH3 is 1. The number of halogens is 2. The fourth-order valence-corrected chi connectivity index (χ4v) is 1.76. The van der Waals surface area contributed by atoms with Gasteiger partial charge in [-0.25, -0.2) is 9.18 Å². The topological polar surface area (TPSA) is 35.5 Å². The molecule has 114 valence electrons. The first-order valence-electron chi connectivity index (χ1n) is 6.52. The van der Waals surface area contributed by atoms with Crippen LogP contribution in [0, 0.1) is 0 Å². The Morgan fingerprint density at radius 2 is 1.77 bits per heavy atom. The summed E-state index contributed by atoms with van der Waals surface area (Å²) in [7, 11) is 1.41.